The summed E-state index contributed by atoms with van der Waals surface area (Å²) in [6, 6.07) is 10.5. The fraction of sp³-hybridized carbons (Fsp3) is 0.105. The summed E-state index contributed by atoms with van der Waals surface area (Å²) in [6.07, 6.45) is 1.14. The van der Waals surface area contributed by atoms with Crippen LogP contribution in [0.4, 0.5) is 10.1 Å². The highest BCUT2D eigenvalue weighted by Crippen LogP contribution is 2.19. The van der Waals surface area contributed by atoms with Gasteiger partial charge in [0.05, 0.1) is 11.4 Å². The average Bonchev–Trinajstić information content (AvgIpc) is 2.59. The molecule has 0 atom stereocenters. The second-order valence-electron chi connectivity index (χ2n) is 5.84. The second kappa shape index (κ2) is 6.79. The summed E-state index contributed by atoms with van der Waals surface area (Å²) in [7, 11) is 0. The second-order valence-corrected chi connectivity index (χ2v) is 5.84. The third-order valence-corrected chi connectivity index (χ3v) is 4.04. The Hall–Kier alpha value is -3.48. The molecule has 0 amide bonds. The van der Waals surface area contributed by atoms with Gasteiger partial charge in [0.1, 0.15) is 11.4 Å². The van der Waals surface area contributed by atoms with Crippen molar-refractivity contribution < 1.29 is 9.50 Å². The summed E-state index contributed by atoms with van der Waals surface area (Å²) in [5, 5.41) is 10.5. The van der Waals surface area contributed by atoms with E-state index in [0.717, 1.165) is 21.9 Å². The molecule has 1 heterocycles. The van der Waals surface area contributed by atoms with Crippen molar-refractivity contribution in [1.29, 1.82) is 0 Å². The number of halogens is 1. The summed E-state index contributed by atoms with van der Waals surface area (Å²) in [5.74, 6) is -0.930. The Labute approximate surface area is 147 Å². The molecule has 0 radical (unpaired) electrons. The molecular weight excluding hydrogens is 337 g/mol. The van der Waals surface area contributed by atoms with Crippen LogP contribution >= 0.6 is 0 Å². The largest absolute Gasteiger partial charge is 0.493 e. The van der Waals surface area contributed by atoms with Crippen molar-refractivity contribution in [3.63, 3.8) is 0 Å². The molecule has 0 aliphatic heterocycles. The van der Waals surface area contributed by atoms with Gasteiger partial charge >= 0.3 is 5.69 Å². The first-order valence-corrected chi connectivity index (χ1v) is 7.82. The van der Waals surface area contributed by atoms with Gasteiger partial charge in [0.25, 0.3) is 5.56 Å². The van der Waals surface area contributed by atoms with E-state index in [1.165, 1.54) is 24.3 Å². The number of hydrogen-bond acceptors (Lipinski definition) is 4. The number of aryl methyl sites for hydroxylation is 2. The molecule has 0 fully saturated rings. The van der Waals surface area contributed by atoms with E-state index in [-0.39, 0.29) is 5.56 Å². The van der Waals surface area contributed by atoms with E-state index >= 15 is 0 Å². The zero-order valence-corrected chi connectivity index (χ0v) is 14.2. The predicted octanol–water partition coefficient (Wildman–Crippen LogP) is 2.74. The van der Waals surface area contributed by atoms with E-state index < -0.39 is 22.9 Å². The first-order valence-electron chi connectivity index (χ1n) is 7.82. The molecule has 0 spiro atoms. The number of aliphatic imine (C=N–C) groups is 1. The molecule has 2 N–H and O–H groups in total. The van der Waals surface area contributed by atoms with Gasteiger partial charge in [-0.05, 0) is 61.4 Å². The first kappa shape index (κ1) is 17.3. The van der Waals surface area contributed by atoms with Crippen molar-refractivity contribution in [3.8, 4) is 11.6 Å². The maximum Gasteiger partial charge on any atom is 0.335 e. The van der Waals surface area contributed by atoms with Crippen molar-refractivity contribution in [2.75, 3.05) is 0 Å². The number of aromatic nitrogens is 2. The number of aromatic hydroxyl groups is 1. The molecule has 3 rings (SSSR count). The molecule has 1 aromatic heterocycles. The number of H-pyrrole nitrogens is 1. The third kappa shape index (κ3) is 3.32. The topological polar surface area (TPSA) is 87.4 Å². The van der Waals surface area contributed by atoms with Gasteiger partial charge in [-0.15, -0.1) is 0 Å². The Bertz CT molecular complexity index is 1110. The zero-order chi connectivity index (χ0) is 18.8. The minimum Gasteiger partial charge on any atom is -0.493 e. The fourth-order valence-corrected chi connectivity index (χ4v) is 2.43. The number of rotatable bonds is 3. The van der Waals surface area contributed by atoms with Crippen molar-refractivity contribution in [1.82, 2.24) is 9.55 Å². The van der Waals surface area contributed by atoms with Gasteiger partial charge < -0.3 is 5.11 Å². The molecule has 7 heteroatoms. The molecule has 0 saturated carbocycles. The van der Waals surface area contributed by atoms with Crippen LogP contribution in [0.25, 0.3) is 5.69 Å². The van der Waals surface area contributed by atoms with Crippen LogP contribution < -0.4 is 11.2 Å². The summed E-state index contributed by atoms with van der Waals surface area (Å²) >= 11 is 0. The molecule has 6 nitrogen and oxygen atoms in total. The van der Waals surface area contributed by atoms with Gasteiger partial charge in [0.2, 0.25) is 5.88 Å². The Morgan fingerprint density at radius 1 is 1.08 bits per heavy atom. The Morgan fingerprint density at radius 2 is 1.77 bits per heavy atom. The maximum absolute atomic E-state index is 12.9. The number of nitrogens with one attached hydrogen (secondary N) is 1. The summed E-state index contributed by atoms with van der Waals surface area (Å²) in [5.41, 5.74) is 1.09. The molecular formula is C19H16FN3O3. The fourth-order valence-electron chi connectivity index (χ4n) is 2.43. The Morgan fingerprint density at radius 3 is 2.42 bits per heavy atom. The van der Waals surface area contributed by atoms with Crippen LogP contribution in [0, 0.1) is 19.7 Å². The van der Waals surface area contributed by atoms with Crippen LogP contribution in [0.15, 0.2) is 57.0 Å². The van der Waals surface area contributed by atoms with Crippen molar-refractivity contribution in [3.05, 3.63) is 85.8 Å². The molecule has 3 aromatic rings. The molecule has 0 aliphatic carbocycles. The monoisotopic (exact) mass is 353 g/mol. The minimum atomic E-state index is -0.765. The molecule has 26 heavy (non-hydrogen) atoms. The van der Waals surface area contributed by atoms with Crippen molar-refractivity contribution in [2.24, 2.45) is 4.99 Å². The lowest BCUT2D eigenvalue weighted by Crippen LogP contribution is -2.31. The highest BCUT2D eigenvalue weighted by atomic mass is 19.1. The average molecular weight is 353 g/mol. The van der Waals surface area contributed by atoms with Gasteiger partial charge in [-0.2, -0.15) is 0 Å². The van der Waals surface area contributed by atoms with Gasteiger partial charge in [0.15, 0.2) is 0 Å². The number of nitrogens with zero attached hydrogens (tertiary/aromatic N) is 2. The maximum atomic E-state index is 12.9. The van der Waals surface area contributed by atoms with E-state index in [1.807, 2.05) is 19.9 Å². The van der Waals surface area contributed by atoms with Crippen LogP contribution in [-0.2, 0) is 0 Å². The lowest BCUT2D eigenvalue weighted by molar-refractivity contribution is 0.430. The van der Waals surface area contributed by atoms with Crippen LogP contribution in [0.1, 0.15) is 16.7 Å². The smallest absolute Gasteiger partial charge is 0.335 e. The molecule has 0 saturated heterocycles. The summed E-state index contributed by atoms with van der Waals surface area (Å²) in [6.45, 7) is 3.80. The predicted molar refractivity (Wildman–Crippen MR) is 97.5 cm³/mol. The van der Waals surface area contributed by atoms with Gasteiger partial charge in [-0.1, -0.05) is 6.07 Å². The van der Waals surface area contributed by atoms with E-state index in [9.17, 15) is 19.1 Å². The molecule has 0 unspecified atom stereocenters. The number of benzene rings is 2. The molecule has 132 valence electrons. The first-order chi connectivity index (χ1) is 12.4. The van der Waals surface area contributed by atoms with Gasteiger partial charge in [0, 0.05) is 6.21 Å². The SMILES string of the molecule is Cc1ccc(-n2c(O)c(C=Nc3ccc(F)cc3)c(=O)[nH]c2=O)cc1C. The lowest BCUT2D eigenvalue weighted by atomic mass is 10.1. The van der Waals surface area contributed by atoms with Gasteiger partial charge in [-0.3, -0.25) is 14.8 Å². The molecule has 0 bridgehead atoms. The van der Waals surface area contributed by atoms with Crippen LogP contribution in [0.2, 0.25) is 0 Å². The standard InChI is InChI=1S/C19H16FN3O3/c1-11-3-8-15(9-12(11)2)23-18(25)16(17(24)22-19(23)26)10-21-14-6-4-13(20)5-7-14/h3-10,25H,1-2H3,(H,22,24,26). The highest BCUT2D eigenvalue weighted by Gasteiger charge is 2.14. The minimum absolute atomic E-state index is 0.174. The van der Waals surface area contributed by atoms with Crippen molar-refractivity contribution in [2.45, 2.75) is 13.8 Å². The zero-order valence-electron chi connectivity index (χ0n) is 14.2. The molecule has 0 aliphatic rings. The van der Waals surface area contributed by atoms with Crippen LogP contribution in [0.5, 0.6) is 5.88 Å². The summed E-state index contributed by atoms with van der Waals surface area (Å²) in [4.78, 5) is 30.5. The van der Waals surface area contributed by atoms with Crippen LogP contribution in [-0.4, -0.2) is 20.9 Å². The summed E-state index contributed by atoms with van der Waals surface area (Å²) < 4.78 is 13.9. The van der Waals surface area contributed by atoms with E-state index in [1.54, 1.807) is 12.1 Å². The van der Waals surface area contributed by atoms with E-state index in [2.05, 4.69) is 9.98 Å². The number of aromatic amines is 1. The van der Waals surface area contributed by atoms with Gasteiger partial charge in [-0.25, -0.2) is 13.8 Å². The van der Waals surface area contributed by atoms with Crippen molar-refractivity contribution >= 4 is 11.9 Å². The highest BCUT2D eigenvalue weighted by molar-refractivity contribution is 5.84. The van der Waals surface area contributed by atoms with E-state index in [0.29, 0.717) is 11.4 Å². The van der Waals surface area contributed by atoms with Crippen LogP contribution in [0.3, 0.4) is 0 Å². The van der Waals surface area contributed by atoms with E-state index in [4.69, 9.17) is 0 Å². The third-order valence-electron chi connectivity index (χ3n) is 4.04. The molecule has 2 aromatic carbocycles. The number of hydrogen-bond donors (Lipinski definition) is 2. The quantitative estimate of drug-likeness (QED) is 0.710. The lowest BCUT2D eigenvalue weighted by Gasteiger charge is -2.11. The normalized spacial score (nSPS) is 11.2. The Balaban J connectivity index is 2.12. The Kier molecular flexibility index (Phi) is 4.53.